The molecule has 4 N–H and O–H groups in total. The number of rotatable bonds is 5. The molecule has 0 spiro atoms. The molecule has 5 heteroatoms. The molecule has 1 rings (SSSR count). The van der Waals surface area contributed by atoms with Crippen LogP contribution >= 0.6 is 11.6 Å². The topological polar surface area (TPSA) is 58.3 Å². The number of anilines is 2. The summed E-state index contributed by atoms with van der Waals surface area (Å²) in [5, 5.41) is 12.2. The molecule has 0 bridgehead atoms. The summed E-state index contributed by atoms with van der Waals surface area (Å²) in [7, 11) is 0. The smallest absolute Gasteiger partial charge is 0.143 e. The first-order valence-electron chi connectivity index (χ1n) is 5.55. The number of hydrogen-bond acceptors (Lipinski definition) is 3. The van der Waals surface area contributed by atoms with Crippen LogP contribution in [0.4, 0.5) is 15.8 Å². The lowest BCUT2D eigenvalue weighted by atomic mass is 9.94. The average molecular weight is 261 g/mol. The van der Waals surface area contributed by atoms with Crippen molar-refractivity contribution in [3.63, 3.8) is 0 Å². The Labute approximate surface area is 106 Å². The number of nitrogens with two attached hydrogens (primary N) is 1. The molecule has 0 aliphatic heterocycles. The van der Waals surface area contributed by atoms with E-state index in [9.17, 15) is 4.39 Å². The van der Waals surface area contributed by atoms with Crippen molar-refractivity contribution < 1.29 is 9.50 Å². The van der Waals surface area contributed by atoms with Gasteiger partial charge in [0.15, 0.2) is 0 Å². The van der Waals surface area contributed by atoms with Crippen LogP contribution in [0.2, 0.25) is 5.02 Å². The van der Waals surface area contributed by atoms with Gasteiger partial charge < -0.3 is 16.2 Å². The fourth-order valence-corrected chi connectivity index (χ4v) is 1.74. The summed E-state index contributed by atoms with van der Waals surface area (Å²) in [6.07, 6.45) is 1.35. The number of benzene rings is 1. The predicted octanol–water partition coefficient (Wildman–Crippen LogP) is 3.02. The maximum Gasteiger partial charge on any atom is 0.143 e. The molecule has 0 aliphatic carbocycles. The van der Waals surface area contributed by atoms with E-state index in [1.807, 2.05) is 13.8 Å². The molecule has 0 aromatic heterocycles. The van der Waals surface area contributed by atoms with Gasteiger partial charge in [0.2, 0.25) is 0 Å². The van der Waals surface area contributed by atoms with Crippen molar-refractivity contribution in [1.82, 2.24) is 0 Å². The molecule has 1 aromatic rings. The van der Waals surface area contributed by atoms with Crippen LogP contribution in [0.1, 0.15) is 26.7 Å². The highest BCUT2D eigenvalue weighted by Crippen LogP contribution is 2.30. The van der Waals surface area contributed by atoms with Crippen LogP contribution in [-0.4, -0.2) is 17.3 Å². The lowest BCUT2D eigenvalue weighted by molar-refractivity contribution is 0.252. The lowest BCUT2D eigenvalue weighted by Crippen LogP contribution is -2.35. The van der Waals surface area contributed by atoms with Crippen molar-refractivity contribution in [3.8, 4) is 0 Å². The fourth-order valence-electron chi connectivity index (χ4n) is 1.57. The number of hydrogen-bond donors (Lipinski definition) is 3. The normalized spacial score (nSPS) is 14.4. The molecule has 0 aliphatic rings. The minimum Gasteiger partial charge on any atom is -0.397 e. The van der Waals surface area contributed by atoms with Crippen molar-refractivity contribution in [2.45, 2.75) is 32.2 Å². The summed E-state index contributed by atoms with van der Waals surface area (Å²) in [4.78, 5) is 0. The molecule has 0 fully saturated rings. The first-order chi connectivity index (χ1) is 7.91. The molecular formula is C12H18ClFN2O. The van der Waals surface area contributed by atoms with Gasteiger partial charge in [-0.05, 0) is 25.8 Å². The Morgan fingerprint density at radius 2 is 2.18 bits per heavy atom. The Kier molecular flexibility index (Phi) is 4.60. The Hall–Kier alpha value is -1.00. The fraction of sp³-hybridized carbons (Fsp3) is 0.500. The van der Waals surface area contributed by atoms with Crippen molar-refractivity contribution in [2.24, 2.45) is 0 Å². The first kappa shape index (κ1) is 14.1. The van der Waals surface area contributed by atoms with Gasteiger partial charge in [0.05, 0.1) is 16.4 Å². The molecule has 0 saturated heterocycles. The predicted molar refractivity (Wildman–Crippen MR) is 69.8 cm³/mol. The summed E-state index contributed by atoms with van der Waals surface area (Å²) in [6.45, 7) is 4.01. The minimum absolute atomic E-state index is 0.00779. The number of nitrogen functional groups attached to an aromatic ring is 1. The third-order valence-corrected chi connectivity index (χ3v) is 3.26. The van der Waals surface area contributed by atoms with E-state index in [-0.39, 0.29) is 17.2 Å². The molecule has 1 atom stereocenters. The van der Waals surface area contributed by atoms with E-state index < -0.39 is 5.82 Å². The van der Waals surface area contributed by atoms with Gasteiger partial charge in [-0.3, -0.25) is 0 Å². The average Bonchev–Trinajstić information content (AvgIpc) is 2.26. The van der Waals surface area contributed by atoms with Crippen LogP contribution in [0, 0.1) is 5.82 Å². The second-order valence-electron chi connectivity index (χ2n) is 4.37. The van der Waals surface area contributed by atoms with Crippen LogP contribution in [0.25, 0.3) is 0 Å². The van der Waals surface area contributed by atoms with Gasteiger partial charge in [0.25, 0.3) is 0 Å². The standard InChI is InChI=1S/C12H18ClFN2O/c1-3-12(2,4-5-17)16-11-7-9(14)8(13)6-10(11)15/h6-7,16-17H,3-5,15H2,1-2H3. The second-order valence-corrected chi connectivity index (χ2v) is 4.77. The Morgan fingerprint density at radius 3 is 2.71 bits per heavy atom. The van der Waals surface area contributed by atoms with E-state index in [2.05, 4.69) is 5.32 Å². The molecule has 0 heterocycles. The third-order valence-electron chi connectivity index (χ3n) is 2.97. The number of aliphatic hydroxyl groups excluding tert-OH is 1. The molecule has 0 amide bonds. The quantitative estimate of drug-likeness (QED) is 0.714. The highest BCUT2D eigenvalue weighted by Gasteiger charge is 2.22. The summed E-state index contributed by atoms with van der Waals surface area (Å²) in [6, 6.07) is 2.66. The van der Waals surface area contributed by atoms with Gasteiger partial charge in [-0.15, -0.1) is 0 Å². The number of aliphatic hydroxyl groups is 1. The van der Waals surface area contributed by atoms with Crippen LogP contribution in [0.5, 0.6) is 0 Å². The van der Waals surface area contributed by atoms with E-state index in [0.717, 1.165) is 6.42 Å². The highest BCUT2D eigenvalue weighted by atomic mass is 35.5. The largest absolute Gasteiger partial charge is 0.397 e. The van der Waals surface area contributed by atoms with E-state index in [1.165, 1.54) is 12.1 Å². The summed E-state index contributed by atoms with van der Waals surface area (Å²) < 4.78 is 13.3. The zero-order valence-corrected chi connectivity index (χ0v) is 10.8. The summed E-state index contributed by atoms with van der Waals surface area (Å²) >= 11 is 5.63. The zero-order chi connectivity index (χ0) is 13.1. The molecule has 3 nitrogen and oxygen atoms in total. The van der Waals surface area contributed by atoms with Crippen molar-refractivity contribution in [2.75, 3.05) is 17.7 Å². The van der Waals surface area contributed by atoms with Gasteiger partial charge in [0.1, 0.15) is 5.82 Å². The zero-order valence-electron chi connectivity index (χ0n) is 10.1. The second kappa shape index (κ2) is 5.56. The van der Waals surface area contributed by atoms with Gasteiger partial charge in [0, 0.05) is 18.2 Å². The minimum atomic E-state index is -0.509. The maximum atomic E-state index is 13.3. The SMILES string of the molecule is CCC(C)(CCO)Nc1cc(F)c(Cl)cc1N. The molecular weight excluding hydrogens is 243 g/mol. The van der Waals surface area contributed by atoms with Crippen molar-refractivity contribution in [1.29, 1.82) is 0 Å². The van der Waals surface area contributed by atoms with Gasteiger partial charge in [-0.2, -0.15) is 0 Å². The van der Waals surface area contributed by atoms with Crippen LogP contribution in [0.15, 0.2) is 12.1 Å². The molecule has 1 unspecified atom stereocenters. The molecule has 17 heavy (non-hydrogen) atoms. The van der Waals surface area contributed by atoms with Crippen molar-refractivity contribution >= 4 is 23.0 Å². The van der Waals surface area contributed by atoms with E-state index in [4.69, 9.17) is 22.4 Å². The third kappa shape index (κ3) is 3.48. The monoisotopic (exact) mass is 260 g/mol. The van der Waals surface area contributed by atoms with Gasteiger partial charge in [-0.25, -0.2) is 4.39 Å². The van der Waals surface area contributed by atoms with Gasteiger partial charge >= 0.3 is 0 Å². The van der Waals surface area contributed by atoms with E-state index >= 15 is 0 Å². The first-order valence-corrected chi connectivity index (χ1v) is 5.93. The number of nitrogens with one attached hydrogen (secondary N) is 1. The molecule has 96 valence electrons. The molecule has 0 radical (unpaired) electrons. The molecule has 0 saturated carbocycles. The Bertz CT molecular complexity index is 400. The van der Waals surface area contributed by atoms with Crippen LogP contribution < -0.4 is 11.1 Å². The van der Waals surface area contributed by atoms with E-state index in [1.54, 1.807) is 0 Å². The van der Waals surface area contributed by atoms with Crippen LogP contribution in [-0.2, 0) is 0 Å². The van der Waals surface area contributed by atoms with E-state index in [0.29, 0.717) is 17.8 Å². The summed E-state index contributed by atoms with van der Waals surface area (Å²) in [5.41, 5.74) is 6.36. The maximum absolute atomic E-state index is 13.3. The molecule has 1 aromatic carbocycles. The van der Waals surface area contributed by atoms with Gasteiger partial charge in [-0.1, -0.05) is 18.5 Å². The highest BCUT2D eigenvalue weighted by molar-refractivity contribution is 6.31. The van der Waals surface area contributed by atoms with Crippen molar-refractivity contribution in [3.05, 3.63) is 23.0 Å². The Balaban J connectivity index is 2.97. The van der Waals surface area contributed by atoms with Crippen LogP contribution in [0.3, 0.4) is 0 Å². The lowest BCUT2D eigenvalue weighted by Gasteiger charge is -2.31. The summed E-state index contributed by atoms with van der Waals surface area (Å²) in [5.74, 6) is -0.509. The number of halogens is 2. The Morgan fingerprint density at radius 1 is 1.53 bits per heavy atom.